The quantitative estimate of drug-likeness (QED) is 0.0561. The Hall–Kier alpha value is -6.87. The first-order valence-electron chi connectivity index (χ1n) is 28.1. The first-order valence-corrected chi connectivity index (χ1v) is 29.6. The molecule has 5 heterocycles. The van der Waals surface area contributed by atoms with Gasteiger partial charge in [-0.1, -0.05) is 56.8 Å². The van der Waals surface area contributed by atoms with Gasteiger partial charge in [-0.2, -0.15) is 0 Å². The maximum absolute atomic E-state index is 15.4. The van der Waals surface area contributed by atoms with Crippen LogP contribution in [0.25, 0.3) is 22.4 Å². The first-order chi connectivity index (χ1) is 38.7. The zero-order valence-electron chi connectivity index (χ0n) is 46.3. The van der Waals surface area contributed by atoms with Crippen molar-refractivity contribution in [3.63, 3.8) is 0 Å². The summed E-state index contributed by atoms with van der Waals surface area (Å²) in [5, 5.41) is 16.2. The van der Waals surface area contributed by atoms with Crippen molar-refractivity contribution >= 4 is 55.4 Å². The molecule has 0 bridgehead atoms. The van der Waals surface area contributed by atoms with Gasteiger partial charge in [0.05, 0.1) is 43.9 Å². The number of aromatic amines is 1. The number of imidazole rings is 1. The van der Waals surface area contributed by atoms with Gasteiger partial charge in [0, 0.05) is 94.5 Å². The number of hydroxylamine groups is 1. The number of sulfonamides is 1. The number of fused-ring (bicyclic) bond motifs is 2. The summed E-state index contributed by atoms with van der Waals surface area (Å²) in [6.07, 6.45) is 8.50. The third kappa shape index (κ3) is 11.4. The summed E-state index contributed by atoms with van der Waals surface area (Å²) in [5.41, 5.74) is 7.65. The lowest BCUT2D eigenvalue weighted by Gasteiger charge is -2.48. The van der Waals surface area contributed by atoms with Crippen LogP contribution >= 0.6 is 0 Å². The zero-order chi connectivity index (χ0) is 55.8. The number of halogens is 1. The monoisotopic (exact) mass is 1110 g/mol. The Morgan fingerprint density at radius 1 is 0.963 bits per heavy atom. The van der Waals surface area contributed by atoms with E-state index in [1.165, 1.54) is 72.7 Å². The van der Waals surface area contributed by atoms with Gasteiger partial charge in [0.2, 0.25) is 0 Å². The summed E-state index contributed by atoms with van der Waals surface area (Å²) in [6, 6.07) is 23.9. The third-order valence-corrected chi connectivity index (χ3v) is 17.8. The highest BCUT2D eigenvalue weighted by Gasteiger charge is 2.37. The number of nitrogens with zero attached hydrogens (tertiary/aromatic N) is 5. The largest absolute Gasteiger partial charge is 0.629 e. The fourth-order valence-electron chi connectivity index (χ4n) is 12.1. The average Bonchev–Trinajstić information content (AvgIpc) is 4.19. The summed E-state index contributed by atoms with van der Waals surface area (Å²) in [4.78, 5) is 33.8. The van der Waals surface area contributed by atoms with Crippen LogP contribution < -0.4 is 34.2 Å². The van der Waals surface area contributed by atoms with Crippen molar-refractivity contribution in [1.29, 1.82) is 0 Å². The van der Waals surface area contributed by atoms with E-state index in [9.17, 15) is 18.4 Å². The number of hydrogen-bond donors (Lipinski definition) is 4. The molecule has 4 aromatic carbocycles. The second-order valence-corrected chi connectivity index (χ2v) is 23.8. The topological polar surface area (TPSA) is 191 Å². The van der Waals surface area contributed by atoms with Gasteiger partial charge >= 0.3 is 0 Å². The minimum Gasteiger partial charge on any atom is -0.629 e. The Morgan fingerprint density at radius 3 is 2.49 bits per heavy atom. The van der Waals surface area contributed by atoms with Crippen molar-refractivity contribution in [2.24, 2.45) is 5.92 Å². The molecule has 80 heavy (non-hydrogen) atoms. The number of piperazine rings is 1. The predicted molar refractivity (Wildman–Crippen MR) is 308 cm³/mol. The number of nitrogens with one attached hydrogen (secondary N) is 4. The van der Waals surface area contributed by atoms with Crippen LogP contribution in [0.15, 0.2) is 96.7 Å². The second kappa shape index (κ2) is 23.3. The highest BCUT2D eigenvalue weighted by Crippen LogP contribution is 2.46. The number of aromatic nitrogens is 3. The van der Waals surface area contributed by atoms with E-state index in [-0.39, 0.29) is 68.4 Å². The van der Waals surface area contributed by atoms with Gasteiger partial charge in [0.1, 0.15) is 33.4 Å². The molecule has 19 heteroatoms. The molecule has 3 saturated heterocycles. The van der Waals surface area contributed by atoms with Gasteiger partial charge < -0.3 is 44.4 Å². The first kappa shape index (κ1) is 55.1. The lowest BCUT2D eigenvalue weighted by molar-refractivity contribution is -0.750. The number of methoxy groups -OCH3 is 1. The number of allylic oxidation sites excluding steroid dienone is 2. The Labute approximate surface area is 467 Å². The number of benzene rings is 4. The summed E-state index contributed by atoms with van der Waals surface area (Å²) in [7, 11) is -1.57. The molecule has 2 aliphatic carbocycles. The molecular formula is C61H72FN9O8S. The van der Waals surface area contributed by atoms with E-state index >= 15 is 4.39 Å². The number of carbonyl (C=O) groups excluding carboxylic acids is 1. The number of carbonyl (C=O) groups is 1. The van der Waals surface area contributed by atoms with Gasteiger partial charge in [-0.25, -0.2) is 27.5 Å². The second-order valence-electron chi connectivity index (χ2n) is 22.1. The van der Waals surface area contributed by atoms with E-state index in [0.717, 1.165) is 63.3 Å². The fraction of sp³-hybridized carbons (Fsp3) is 0.426. The van der Waals surface area contributed by atoms with Crippen molar-refractivity contribution in [2.75, 3.05) is 83.5 Å². The summed E-state index contributed by atoms with van der Waals surface area (Å²) < 4.78 is 70.6. The van der Waals surface area contributed by atoms with Crippen LogP contribution in [0.3, 0.4) is 0 Å². The summed E-state index contributed by atoms with van der Waals surface area (Å²) >= 11 is 0. The average molecular weight is 1110 g/mol. The molecule has 6 aromatic rings. The van der Waals surface area contributed by atoms with E-state index in [1.54, 1.807) is 26.2 Å². The van der Waals surface area contributed by atoms with E-state index in [0.29, 0.717) is 73.1 Å². The number of hydrogen-bond acceptors (Lipinski definition) is 14. The van der Waals surface area contributed by atoms with Crippen molar-refractivity contribution in [3.05, 3.63) is 136 Å². The fourth-order valence-corrected chi connectivity index (χ4v) is 13.3. The Morgan fingerprint density at radius 2 is 1.75 bits per heavy atom. The number of H-pyrrole nitrogens is 1. The van der Waals surface area contributed by atoms with Crippen LogP contribution in [-0.4, -0.2) is 118 Å². The van der Waals surface area contributed by atoms with Crippen molar-refractivity contribution < 1.29 is 41.6 Å². The van der Waals surface area contributed by atoms with Crippen LogP contribution in [0.5, 0.6) is 23.1 Å². The molecule has 0 spiro atoms. The Kier molecular flexibility index (Phi) is 16.0. The molecule has 1 saturated carbocycles. The van der Waals surface area contributed by atoms with Gasteiger partial charge in [0.25, 0.3) is 21.8 Å². The van der Waals surface area contributed by atoms with Crippen molar-refractivity contribution in [3.8, 4) is 23.1 Å². The van der Waals surface area contributed by atoms with E-state index in [1.807, 2.05) is 0 Å². The Bertz CT molecular complexity index is 3440. The highest BCUT2D eigenvalue weighted by atomic mass is 32.2. The number of piperidine rings is 1. The van der Waals surface area contributed by atoms with Crippen molar-refractivity contribution in [1.82, 2.24) is 29.5 Å². The van der Waals surface area contributed by atoms with E-state index < -0.39 is 21.8 Å². The normalized spacial score (nSPS) is 19.1. The molecule has 2 atom stereocenters. The molecule has 4 fully saturated rings. The van der Waals surface area contributed by atoms with Crippen LogP contribution in [0.1, 0.15) is 121 Å². The van der Waals surface area contributed by atoms with Crippen molar-refractivity contribution in [2.45, 2.75) is 94.7 Å². The van der Waals surface area contributed by atoms with Gasteiger partial charge in [-0.15, -0.1) is 0 Å². The number of quaternary nitrogens is 1. The number of amides is 1. The minimum absolute atomic E-state index is 0.00971. The maximum atomic E-state index is 15.4. The van der Waals surface area contributed by atoms with Crippen LogP contribution in [0.4, 0.5) is 21.5 Å². The summed E-state index contributed by atoms with van der Waals surface area (Å²) in [5.74, 6) is 0.737. The van der Waals surface area contributed by atoms with E-state index in [2.05, 4.69) is 103 Å². The van der Waals surface area contributed by atoms with Gasteiger partial charge in [0.15, 0.2) is 11.4 Å². The predicted octanol–water partition coefficient (Wildman–Crippen LogP) is 9.62. The van der Waals surface area contributed by atoms with Crippen LogP contribution in [0, 0.1) is 11.1 Å². The molecule has 11 rings (SSSR count). The smallest absolute Gasteiger partial charge is 0.268 e. The highest BCUT2D eigenvalue weighted by molar-refractivity contribution is 7.90. The molecule has 3 aliphatic heterocycles. The molecule has 422 valence electrons. The van der Waals surface area contributed by atoms with Gasteiger partial charge in [-0.05, 0) is 121 Å². The number of rotatable bonds is 19. The molecular weight excluding hydrogens is 1040 g/mol. The summed E-state index contributed by atoms with van der Waals surface area (Å²) in [6.45, 7) is 17.2. The zero-order valence-corrected chi connectivity index (χ0v) is 47.1. The standard InChI is InChI=1S/C61H72FN9O8S/c1-7-78-61-54(31-48-49(62)28-38(4)56(48)66-61)79-53-30-43(15-17-47(53)60(72)67-80(74,75)55-32-50(68(5)73)57(59-58(55)64-36-65-59)63-33-39-20-26-77-27-21-39)70-22-18-42(19-23-70)71-25-24-69(35-51(71)46-11-9-8-10-44(46)37(2)3)34-40-12-16-45(41-13-14-41)52(29-40)76-6/h8-12,15-17,28-32,36-37,39,41-42,51,63,68H,4,7,13-14,18-27,33-35H2,1-3,5-6H3,(H,64,65)(H,67,72)/t51-/m0/s1. The number of anilines is 2. The third-order valence-electron chi connectivity index (χ3n) is 16.5. The van der Waals surface area contributed by atoms with E-state index in [4.69, 9.17) is 18.9 Å². The minimum atomic E-state index is -4.71. The molecule has 2 aromatic heterocycles. The lowest BCUT2D eigenvalue weighted by Crippen LogP contribution is -2.98. The molecule has 1 amide bonds. The molecule has 1 unspecified atom stereocenters. The van der Waals surface area contributed by atoms with Crippen LogP contribution in [-0.2, 0) is 21.3 Å². The molecule has 0 radical (unpaired) electrons. The Balaban J connectivity index is 0.870. The SMILES string of the molecule is C=C1C=C(F)c2cc(Oc3cc(N4CCC(N5CCN(Cc6ccc(C7CC7)c(OC)c6)C[C@H]5c5ccccc5C(C)C)CC4)ccc3C(=O)NS(=O)(=O)c3cc([NH+](C)[O-])c(NCC4CCOCC4)c4[nH]cnc34)c(OCC)nc21. The maximum Gasteiger partial charge on any atom is 0.268 e. The molecule has 5 aliphatic rings. The van der Waals surface area contributed by atoms with Gasteiger partial charge in [-0.3, -0.25) is 14.6 Å². The molecule has 17 nitrogen and oxygen atoms in total. The number of ether oxygens (including phenoxy) is 4. The number of pyridine rings is 1. The van der Waals surface area contributed by atoms with Crippen LogP contribution in [0.2, 0.25) is 0 Å². The molecule has 4 N–H and O–H groups in total. The lowest BCUT2D eigenvalue weighted by atomic mass is 9.88.